The van der Waals surface area contributed by atoms with Gasteiger partial charge in [0.1, 0.15) is 23.7 Å². The number of halogens is 4. The second-order valence-corrected chi connectivity index (χ2v) is 7.11. The Labute approximate surface area is 191 Å². The molecule has 0 unspecified atom stereocenters. The van der Waals surface area contributed by atoms with E-state index in [1.807, 2.05) is 6.92 Å². The number of alkyl halides is 3. The molecule has 0 aliphatic carbocycles. The molecule has 0 aromatic heterocycles. The van der Waals surface area contributed by atoms with E-state index in [0.717, 1.165) is 43.2 Å². The molecule has 2 aromatic carbocycles. The van der Waals surface area contributed by atoms with Gasteiger partial charge in [-0.2, -0.15) is 13.2 Å². The van der Waals surface area contributed by atoms with Crippen LogP contribution in [-0.4, -0.2) is 36.5 Å². The number of unbranched alkanes of at least 4 members (excludes halogenated alkanes) is 1. The summed E-state index contributed by atoms with van der Waals surface area (Å²) in [5.41, 5.74) is -2.12. The Balaban J connectivity index is 2.15. The third-order valence-corrected chi connectivity index (χ3v) is 4.44. The number of hydrogen-bond donors (Lipinski definition) is 0. The van der Waals surface area contributed by atoms with E-state index >= 15 is 0 Å². The summed E-state index contributed by atoms with van der Waals surface area (Å²) in [6.45, 7) is 1.39. The summed E-state index contributed by atoms with van der Waals surface area (Å²) in [5, 5.41) is 10.9. The zero-order chi connectivity index (χ0) is 24.6. The van der Waals surface area contributed by atoms with Crippen LogP contribution in [0.3, 0.4) is 0 Å². The Hall–Kier alpha value is -3.18. The molecular formula is C21H19ClF3NO7. The van der Waals surface area contributed by atoms with E-state index in [0.29, 0.717) is 12.7 Å². The van der Waals surface area contributed by atoms with Gasteiger partial charge in [0, 0.05) is 18.7 Å². The zero-order valence-corrected chi connectivity index (χ0v) is 18.1. The van der Waals surface area contributed by atoms with Crippen LogP contribution in [0.25, 0.3) is 0 Å². The topological polar surface area (TPSA) is 105 Å². The van der Waals surface area contributed by atoms with Crippen LogP contribution in [0.15, 0.2) is 36.4 Å². The van der Waals surface area contributed by atoms with E-state index in [4.69, 9.17) is 25.8 Å². The lowest BCUT2D eigenvalue weighted by Crippen LogP contribution is -2.19. The van der Waals surface area contributed by atoms with Crippen LogP contribution >= 0.6 is 11.6 Å². The third-order valence-electron chi connectivity index (χ3n) is 4.14. The van der Waals surface area contributed by atoms with Gasteiger partial charge in [-0.05, 0) is 30.7 Å². The lowest BCUT2D eigenvalue weighted by Gasteiger charge is -2.12. The summed E-state index contributed by atoms with van der Waals surface area (Å²) in [6, 6.07) is 5.44. The molecule has 0 heterocycles. The first-order valence-corrected chi connectivity index (χ1v) is 10.00. The lowest BCUT2D eigenvalue weighted by molar-refractivity contribution is -0.385. The quantitative estimate of drug-likeness (QED) is 0.175. The predicted octanol–water partition coefficient (Wildman–Crippen LogP) is 5.60. The molecule has 0 saturated carbocycles. The molecule has 0 aliphatic rings. The normalized spacial score (nSPS) is 11.2. The maximum absolute atomic E-state index is 12.8. The summed E-state index contributed by atoms with van der Waals surface area (Å²) in [7, 11) is 0. The first-order chi connectivity index (χ1) is 15.5. The minimum absolute atomic E-state index is 0.122. The minimum Gasteiger partial charge on any atom is -0.456 e. The molecule has 0 spiro atoms. The molecule has 12 heteroatoms. The zero-order valence-electron chi connectivity index (χ0n) is 17.3. The van der Waals surface area contributed by atoms with E-state index in [1.54, 1.807) is 0 Å². The minimum atomic E-state index is -4.61. The van der Waals surface area contributed by atoms with Gasteiger partial charge in [0.2, 0.25) is 0 Å². The Morgan fingerprint density at radius 3 is 2.45 bits per heavy atom. The highest BCUT2D eigenvalue weighted by Crippen LogP contribution is 2.37. The summed E-state index contributed by atoms with van der Waals surface area (Å²) >= 11 is 5.84. The second kappa shape index (κ2) is 11.6. The monoisotopic (exact) mass is 489 g/mol. The molecule has 0 bridgehead atoms. The molecule has 33 heavy (non-hydrogen) atoms. The van der Waals surface area contributed by atoms with Gasteiger partial charge in [-0.15, -0.1) is 0 Å². The van der Waals surface area contributed by atoms with Crippen molar-refractivity contribution >= 4 is 29.0 Å². The summed E-state index contributed by atoms with van der Waals surface area (Å²) in [6.07, 6.45) is -2.97. The Morgan fingerprint density at radius 2 is 1.85 bits per heavy atom. The molecule has 0 radical (unpaired) electrons. The number of nitrogens with zero attached hydrogens (tertiary/aromatic N) is 1. The van der Waals surface area contributed by atoms with Crippen molar-refractivity contribution < 1.29 is 41.9 Å². The van der Waals surface area contributed by atoms with Crippen molar-refractivity contribution in [3.05, 3.63) is 62.7 Å². The third kappa shape index (κ3) is 7.72. The van der Waals surface area contributed by atoms with Crippen LogP contribution in [0.1, 0.15) is 35.7 Å². The summed E-state index contributed by atoms with van der Waals surface area (Å²) in [4.78, 5) is 34.5. The van der Waals surface area contributed by atoms with Gasteiger partial charge in [-0.1, -0.05) is 24.9 Å². The Kier molecular flexibility index (Phi) is 9.18. The van der Waals surface area contributed by atoms with E-state index in [2.05, 4.69) is 0 Å². The van der Waals surface area contributed by atoms with E-state index in [9.17, 15) is 32.9 Å². The number of rotatable bonds is 11. The van der Waals surface area contributed by atoms with Gasteiger partial charge in [-0.25, -0.2) is 4.79 Å². The smallest absolute Gasteiger partial charge is 0.416 e. The molecule has 0 atom stereocenters. The second-order valence-electron chi connectivity index (χ2n) is 6.70. The van der Waals surface area contributed by atoms with Crippen molar-refractivity contribution in [1.29, 1.82) is 0 Å². The average molecular weight is 490 g/mol. The van der Waals surface area contributed by atoms with Crippen molar-refractivity contribution in [3.63, 3.8) is 0 Å². The lowest BCUT2D eigenvalue weighted by atomic mass is 10.1. The maximum Gasteiger partial charge on any atom is 0.416 e. The van der Waals surface area contributed by atoms with Crippen LogP contribution in [0.5, 0.6) is 11.5 Å². The van der Waals surface area contributed by atoms with Crippen molar-refractivity contribution in [2.75, 3.05) is 19.8 Å². The molecule has 0 N–H and O–H groups in total. The van der Waals surface area contributed by atoms with Crippen LogP contribution in [0.2, 0.25) is 5.02 Å². The van der Waals surface area contributed by atoms with Gasteiger partial charge < -0.3 is 14.2 Å². The standard InChI is InChI=1S/C21H19ClF3NO7/c1-2-3-8-31-11-14(27)12-32-20(28)16-10-15(5-6-18(16)26(29)30)33-19-7-4-13(9-17(19)22)21(23,24)25/h4-7,9-10H,2-3,8,11-12H2,1H3. The van der Waals surface area contributed by atoms with Crippen LogP contribution < -0.4 is 4.74 Å². The van der Waals surface area contributed by atoms with Crippen molar-refractivity contribution in [3.8, 4) is 11.5 Å². The van der Waals surface area contributed by atoms with E-state index in [1.165, 1.54) is 0 Å². The molecular weight excluding hydrogens is 471 g/mol. The highest BCUT2D eigenvalue weighted by atomic mass is 35.5. The summed E-state index contributed by atoms with van der Waals surface area (Å²) in [5.74, 6) is -1.99. The largest absolute Gasteiger partial charge is 0.456 e. The Morgan fingerprint density at radius 1 is 1.12 bits per heavy atom. The Bertz CT molecular complexity index is 1030. The number of ketones is 1. The van der Waals surface area contributed by atoms with Crippen LogP contribution in [0.4, 0.5) is 18.9 Å². The molecule has 0 amide bonds. The van der Waals surface area contributed by atoms with Crippen LogP contribution in [0, 0.1) is 10.1 Å². The number of carbonyl (C=O) groups is 2. The van der Waals surface area contributed by atoms with Gasteiger partial charge in [0.25, 0.3) is 5.69 Å². The SMILES string of the molecule is CCCCOCC(=O)COC(=O)c1cc(Oc2ccc(C(F)(F)F)cc2Cl)ccc1[N+](=O)[O-]. The number of esters is 1. The van der Waals surface area contributed by atoms with Crippen LogP contribution in [-0.2, 0) is 20.4 Å². The van der Waals surface area contributed by atoms with Gasteiger partial charge in [-0.3, -0.25) is 14.9 Å². The fourth-order valence-electron chi connectivity index (χ4n) is 2.49. The first kappa shape index (κ1) is 26.1. The fourth-order valence-corrected chi connectivity index (χ4v) is 2.71. The highest BCUT2D eigenvalue weighted by molar-refractivity contribution is 6.32. The molecule has 2 aromatic rings. The number of nitro benzene ring substituents is 1. The molecule has 0 aliphatic heterocycles. The van der Waals surface area contributed by atoms with Crippen molar-refractivity contribution in [2.45, 2.75) is 25.9 Å². The van der Waals surface area contributed by atoms with Gasteiger partial charge in [0.05, 0.1) is 15.5 Å². The number of Topliss-reactive ketones (excluding diaryl/α,β-unsaturated/α-hetero) is 1. The fraction of sp³-hybridized carbons (Fsp3) is 0.333. The number of hydrogen-bond acceptors (Lipinski definition) is 7. The average Bonchev–Trinajstić information content (AvgIpc) is 2.75. The predicted molar refractivity (Wildman–Crippen MR) is 111 cm³/mol. The number of nitro groups is 1. The van der Waals surface area contributed by atoms with Gasteiger partial charge >= 0.3 is 12.1 Å². The van der Waals surface area contributed by atoms with E-state index < -0.39 is 46.3 Å². The molecule has 0 fully saturated rings. The van der Waals surface area contributed by atoms with Crippen molar-refractivity contribution in [2.24, 2.45) is 0 Å². The molecule has 178 valence electrons. The molecule has 8 nitrogen and oxygen atoms in total. The highest BCUT2D eigenvalue weighted by Gasteiger charge is 2.31. The molecule has 2 rings (SSSR count). The van der Waals surface area contributed by atoms with Crippen molar-refractivity contribution in [1.82, 2.24) is 0 Å². The number of benzene rings is 2. The maximum atomic E-state index is 12.8. The van der Waals surface area contributed by atoms with Gasteiger partial charge in [0.15, 0.2) is 12.4 Å². The number of carbonyl (C=O) groups excluding carboxylic acids is 2. The van der Waals surface area contributed by atoms with E-state index in [-0.39, 0.29) is 23.1 Å². The summed E-state index contributed by atoms with van der Waals surface area (Å²) < 4.78 is 53.7. The number of ether oxygens (including phenoxy) is 3. The first-order valence-electron chi connectivity index (χ1n) is 9.62. The molecule has 0 saturated heterocycles.